The third-order valence-corrected chi connectivity index (χ3v) is 3.76. The van der Waals surface area contributed by atoms with Crippen molar-refractivity contribution in [2.24, 2.45) is 5.73 Å². The van der Waals surface area contributed by atoms with Gasteiger partial charge in [0.1, 0.15) is 5.75 Å². The summed E-state index contributed by atoms with van der Waals surface area (Å²) in [5, 5.41) is 4.30. The van der Waals surface area contributed by atoms with Crippen molar-refractivity contribution in [1.82, 2.24) is 9.78 Å². The lowest BCUT2D eigenvalue weighted by molar-refractivity contribution is 0.406. The van der Waals surface area contributed by atoms with Crippen molar-refractivity contribution in [3.05, 3.63) is 45.7 Å². The van der Waals surface area contributed by atoms with Gasteiger partial charge >= 0.3 is 0 Å². The molecule has 0 aliphatic heterocycles. The number of nitrogens with two attached hydrogens (primary N) is 1. The van der Waals surface area contributed by atoms with Gasteiger partial charge in [0.05, 0.1) is 29.5 Å². The Bertz CT molecular complexity index is 580. The largest absolute Gasteiger partial charge is 0.496 e. The van der Waals surface area contributed by atoms with Gasteiger partial charge in [0.2, 0.25) is 0 Å². The van der Waals surface area contributed by atoms with Gasteiger partial charge < -0.3 is 10.5 Å². The second-order valence-corrected chi connectivity index (χ2v) is 5.27. The van der Waals surface area contributed by atoms with Crippen LogP contribution in [0.5, 0.6) is 5.75 Å². The normalized spacial score (nSPS) is 12.5. The van der Waals surface area contributed by atoms with Crippen LogP contribution in [0.2, 0.25) is 0 Å². The Morgan fingerprint density at radius 2 is 2.21 bits per heavy atom. The average Bonchev–Trinajstić information content (AvgIpc) is 2.78. The maximum absolute atomic E-state index is 6.39. The highest BCUT2D eigenvalue weighted by Crippen LogP contribution is 2.32. The molecule has 0 radical (unpaired) electrons. The highest BCUT2D eigenvalue weighted by Gasteiger charge is 2.20. The van der Waals surface area contributed by atoms with E-state index in [2.05, 4.69) is 21.0 Å². The van der Waals surface area contributed by atoms with Crippen LogP contribution in [0.1, 0.15) is 29.8 Å². The minimum Gasteiger partial charge on any atom is -0.496 e. The van der Waals surface area contributed by atoms with Crippen molar-refractivity contribution in [3.63, 3.8) is 0 Å². The van der Waals surface area contributed by atoms with Crippen LogP contribution in [0.15, 0.2) is 28.9 Å². The van der Waals surface area contributed by atoms with Crippen molar-refractivity contribution >= 4 is 15.9 Å². The maximum atomic E-state index is 6.39. The molecule has 2 aromatic rings. The number of hydrogen-bond donors (Lipinski definition) is 1. The SMILES string of the molecule is CCn1ncc(Br)c1C(N)c1ccc(C)cc1OC. The number of benzene rings is 1. The molecule has 2 N–H and O–H groups in total. The zero-order valence-corrected chi connectivity index (χ0v) is 12.9. The van der Waals surface area contributed by atoms with E-state index in [1.165, 1.54) is 0 Å². The smallest absolute Gasteiger partial charge is 0.124 e. The molecule has 0 amide bonds. The molecule has 0 spiro atoms. The molecule has 1 atom stereocenters. The molecule has 4 nitrogen and oxygen atoms in total. The van der Waals surface area contributed by atoms with Crippen LogP contribution in [-0.2, 0) is 6.54 Å². The Hall–Kier alpha value is -1.33. The number of hydrogen-bond acceptors (Lipinski definition) is 3. The summed E-state index contributed by atoms with van der Waals surface area (Å²) in [5.74, 6) is 0.809. The Kier molecular flexibility index (Phi) is 4.27. The van der Waals surface area contributed by atoms with Gasteiger partial charge in [-0.3, -0.25) is 4.68 Å². The molecule has 1 aromatic heterocycles. The van der Waals surface area contributed by atoms with E-state index in [1.54, 1.807) is 13.3 Å². The molecule has 0 aliphatic carbocycles. The monoisotopic (exact) mass is 323 g/mol. The lowest BCUT2D eigenvalue weighted by Gasteiger charge is -2.18. The van der Waals surface area contributed by atoms with Gasteiger partial charge in [-0.2, -0.15) is 5.10 Å². The van der Waals surface area contributed by atoms with Crippen LogP contribution in [-0.4, -0.2) is 16.9 Å². The van der Waals surface area contributed by atoms with Gasteiger partial charge in [-0.05, 0) is 41.4 Å². The Morgan fingerprint density at radius 1 is 1.47 bits per heavy atom. The maximum Gasteiger partial charge on any atom is 0.124 e. The Balaban J connectivity index is 2.49. The van der Waals surface area contributed by atoms with E-state index in [0.717, 1.165) is 33.6 Å². The number of aryl methyl sites for hydroxylation is 2. The predicted octanol–water partition coefficient (Wildman–Crippen LogP) is 3.03. The molecule has 0 aliphatic rings. The van der Waals surface area contributed by atoms with Crippen LogP contribution in [0.3, 0.4) is 0 Å². The summed E-state index contributed by atoms with van der Waals surface area (Å²) in [4.78, 5) is 0. The second-order valence-electron chi connectivity index (χ2n) is 4.42. The fourth-order valence-electron chi connectivity index (χ4n) is 2.16. The topological polar surface area (TPSA) is 53.1 Å². The molecule has 0 saturated carbocycles. The molecule has 19 heavy (non-hydrogen) atoms. The molecule has 1 aromatic carbocycles. The second kappa shape index (κ2) is 5.75. The zero-order chi connectivity index (χ0) is 14.0. The molecule has 0 bridgehead atoms. The van der Waals surface area contributed by atoms with Gasteiger partial charge in [0, 0.05) is 12.1 Å². The lowest BCUT2D eigenvalue weighted by Crippen LogP contribution is -2.18. The highest BCUT2D eigenvalue weighted by molar-refractivity contribution is 9.10. The summed E-state index contributed by atoms with van der Waals surface area (Å²) < 4.78 is 8.25. The Labute approximate surface area is 121 Å². The van der Waals surface area contributed by atoms with Crippen LogP contribution in [0, 0.1) is 6.92 Å². The lowest BCUT2D eigenvalue weighted by atomic mass is 10.0. The molecule has 0 saturated heterocycles. The van der Waals surface area contributed by atoms with Crippen molar-refractivity contribution in [2.45, 2.75) is 26.4 Å². The van der Waals surface area contributed by atoms with Crippen molar-refractivity contribution in [2.75, 3.05) is 7.11 Å². The molecular weight excluding hydrogens is 306 g/mol. The fraction of sp³-hybridized carbons (Fsp3) is 0.357. The predicted molar refractivity (Wildman–Crippen MR) is 79.4 cm³/mol. The van der Waals surface area contributed by atoms with Crippen LogP contribution in [0.25, 0.3) is 0 Å². The van der Waals surface area contributed by atoms with E-state index in [9.17, 15) is 0 Å². The molecule has 102 valence electrons. The number of halogens is 1. The van der Waals surface area contributed by atoms with Gasteiger partial charge in [0.25, 0.3) is 0 Å². The van der Waals surface area contributed by atoms with Crippen LogP contribution in [0.4, 0.5) is 0 Å². The van der Waals surface area contributed by atoms with E-state index >= 15 is 0 Å². The molecular formula is C14H18BrN3O. The van der Waals surface area contributed by atoms with Gasteiger partial charge in [0.15, 0.2) is 0 Å². The minimum atomic E-state index is -0.271. The Morgan fingerprint density at radius 3 is 2.84 bits per heavy atom. The van der Waals surface area contributed by atoms with Gasteiger partial charge in [-0.15, -0.1) is 0 Å². The number of rotatable bonds is 4. The zero-order valence-electron chi connectivity index (χ0n) is 11.4. The van der Waals surface area contributed by atoms with Crippen molar-refractivity contribution in [3.8, 4) is 5.75 Å². The summed E-state index contributed by atoms with van der Waals surface area (Å²) in [6.07, 6.45) is 1.78. The number of ether oxygens (including phenoxy) is 1. The first-order valence-electron chi connectivity index (χ1n) is 6.19. The summed E-state index contributed by atoms with van der Waals surface area (Å²) in [6.45, 7) is 4.86. The van der Waals surface area contributed by atoms with Crippen molar-refractivity contribution in [1.29, 1.82) is 0 Å². The van der Waals surface area contributed by atoms with E-state index in [1.807, 2.05) is 36.7 Å². The number of nitrogens with zero attached hydrogens (tertiary/aromatic N) is 2. The van der Waals surface area contributed by atoms with Crippen LogP contribution < -0.4 is 10.5 Å². The molecule has 5 heteroatoms. The molecule has 0 fully saturated rings. The van der Waals surface area contributed by atoms with E-state index < -0.39 is 0 Å². The van der Waals surface area contributed by atoms with Gasteiger partial charge in [-0.1, -0.05) is 12.1 Å². The number of methoxy groups -OCH3 is 1. The highest BCUT2D eigenvalue weighted by atomic mass is 79.9. The number of aromatic nitrogens is 2. The fourth-order valence-corrected chi connectivity index (χ4v) is 2.70. The summed E-state index contributed by atoms with van der Waals surface area (Å²) in [7, 11) is 1.66. The van der Waals surface area contributed by atoms with E-state index in [-0.39, 0.29) is 6.04 Å². The quantitative estimate of drug-likeness (QED) is 0.940. The first-order valence-corrected chi connectivity index (χ1v) is 6.99. The minimum absolute atomic E-state index is 0.271. The molecule has 2 rings (SSSR count). The van der Waals surface area contributed by atoms with Crippen molar-refractivity contribution < 1.29 is 4.74 Å². The molecule has 1 heterocycles. The first-order chi connectivity index (χ1) is 9.08. The average molecular weight is 324 g/mol. The van der Waals surface area contributed by atoms with Crippen LogP contribution >= 0.6 is 15.9 Å². The molecule has 1 unspecified atom stereocenters. The third kappa shape index (κ3) is 2.67. The van der Waals surface area contributed by atoms with Gasteiger partial charge in [-0.25, -0.2) is 0 Å². The first kappa shape index (κ1) is 14.1. The van der Waals surface area contributed by atoms with E-state index in [0.29, 0.717) is 0 Å². The summed E-state index contributed by atoms with van der Waals surface area (Å²) in [5.41, 5.74) is 9.47. The standard InChI is InChI=1S/C14H18BrN3O/c1-4-18-14(11(15)8-17-18)13(16)10-6-5-9(2)7-12(10)19-3/h5-8,13H,4,16H2,1-3H3. The van der Waals surface area contributed by atoms with E-state index in [4.69, 9.17) is 10.5 Å². The third-order valence-electron chi connectivity index (χ3n) is 3.15. The summed E-state index contributed by atoms with van der Waals surface area (Å²) >= 11 is 3.51. The summed E-state index contributed by atoms with van der Waals surface area (Å²) in [6, 6.07) is 5.78.